The van der Waals surface area contributed by atoms with Crippen LogP contribution in [0.3, 0.4) is 0 Å². The minimum atomic E-state index is -1.77. The lowest BCUT2D eigenvalue weighted by molar-refractivity contribution is -0.303. The van der Waals surface area contributed by atoms with Gasteiger partial charge < -0.3 is 14.9 Å². The molecule has 0 bridgehead atoms. The third-order valence-electron chi connectivity index (χ3n) is 2.29. The Balaban J connectivity index is 2.82. The SMILES string of the molecule is CC1(C)CN(C(C)(O)O)CC(C)(C)O1. The van der Waals surface area contributed by atoms with Gasteiger partial charge >= 0.3 is 0 Å². The fourth-order valence-electron chi connectivity index (χ4n) is 2.09. The molecule has 1 aliphatic heterocycles. The Labute approximate surface area is 85.5 Å². The average molecular weight is 203 g/mol. The van der Waals surface area contributed by atoms with Gasteiger partial charge in [-0.2, -0.15) is 0 Å². The zero-order chi connectivity index (χ0) is 11.2. The molecule has 0 aliphatic carbocycles. The van der Waals surface area contributed by atoms with E-state index in [0.717, 1.165) is 0 Å². The van der Waals surface area contributed by atoms with Crippen LogP contribution in [0.4, 0.5) is 0 Å². The molecule has 1 saturated heterocycles. The molecule has 1 rings (SSSR count). The van der Waals surface area contributed by atoms with Gasteiger partial charge in [0.1, 0.15) is 0 Å². The second-order valence-corrected chi connectivity index (χ2v) is 5.45. The fraction of sp³-hybridized carbons (Fsp3) is 1.00. The Hall–Kier alpha value is -0.160. The molecular formula is C10H21NO3. The van der Waals surface area contributed by atoms with Crippen molar-refractivity contribution in [2.75, 3.05) is 13.1 Å². The topological polar surface area (TPSA) is 52.9 Å². The molecule has 0 unspecified atom stereocenters. The van der Waals surface area contributed by atoms with E-state index in [2.05, 4.69) is 0 Å². The van der Waals surface area contributed by atoms with Gasteiger partial charge in [0.2, 0.25) is 5.91 Å². The second-order valence-electron chi connectivity index (χ2n) is 5.45. The molecule has 1 aliphatic rings. The Morgan fingerprint density at radius 3 is 1.71 bits per heavy atom. The van der Waals surface area contributed by atoms with Gasteiger partial charge in [0.05, 0.1) is 11.2 Å². The summed E-state index contributed by atoms with van der Waals surface area (Å²) in [6, 6.07) is 0. The van der Waals surface area contributed by atoms with E-state index < -0.39 is 5.91 Å². The number of nitrogens with zero attached hydrogens (tertiary/aromatic N) is 1. The van der Waals surface area contributed by atoms with Crippen molar-refractivity contribution in [3.05, 3.63) is 0 Å². The van der Waals surface area contributed by atoms with Crippen LogP contribution in [0.15, 0.2) is 0 Å². The van der Waals surface area contributed by atoms with E-state index in [1.807, 2.05) is 27.7 Å². The first-order valence-electron chi connectivity index (χ1n) is 4.92. The molecule has 1 heterocycles. The first kappa shape index (κ1) is 11.9. The maximum absolute atomic E-state index is 9.53. The lowest BCUT2D eigenvalue weighted by Crippen LogP contribution is -2.63. The van der Waals surface area contributed by atoms with E-state index in [4.69, 9.17) is 4.74 Å². The Kier molecular flexibility index (Phi) is 2.69. The molecule has 0 spiro atoms. The number of rotatable bonds is 1. The Bertz CT molecular complexity index is 202. The highest BCUT2D eigenvalue weighted by Gasteiger charge is 2.43. The molecule has 84 valence electrons. The zero-order valence-corrected chi connectivity index (χ0v) is 9.66. The summed E-state index contributed by atoms with van der Waals surface area (Å²) in [5.74, 6) is -1.77. The van der Waals surface area contributed by atoms with Gasteiger partial charge in [-0.05, 0) is 27.7 Å². The smallest absolute Gasteiger partial charge is 0.222 e. The molecule has 0 aromatic heterocycles. The van der Waals surface area contributed by atoms with Crippen molar-refractivity contribution in [2.24, 2.45) is 0 Å². The summed E-state index contributed by atoms with van der Waals surface area (Å²) in [7, 11) is 0. The van der Waals surface area contributed by atoms with Gasteiger partial charge in [0.25, 0.3) is 0 Å². The summed E-state index contributed by atoms with van der Waals surface area (Å²) in [4.78, 5) is 1.62. The van der Waals surface area contributed by atoms with Crippen molar-refractivity contribution < 1.29 is 14.9 Å². The van der Waals surface area contributed by atoms with Crippen LogP contribution in [-0.4, -0.2) is 45.3 Å². The highest BCUT2D eigenvalue weighted by Crippen LogP contribution is 2.30. The van der Waals surface area contributed by atoms with E-state index in [-0.39, 0.29) is 11.2 Å². The first-order valence-corrected chi connectivity index (χ1v) is 4.92. The maximum atomic E-state index is 9.53. The summed E-state index contributed by atoms with van der Waals surface area (Å²) < 4.78 is 5.82. The minimum Gasteiger partial charge on any atom is -0.367 e. The molecule has 0 radical (unpaired) electrons. The predicted molar refractivity (Wildman–Crippen MR) is 53.7 cm³/mol. The molecule has 0 aromatic rings. The van der Waals surface area contributed by atoms with Crippen LogP contribution in [0, 0.1) is 0 Å². The molecule has 1 fully saturated rings. The standard InChI is InChI=1S/C10H21NO3/c1-8(2)6-11(10(5,12)13)7-9(3,4)14-8/h12-13H,6-7H2,1-5H3. The molecule has 4 heteroatoms. The summed E-state index contributed by atoms with van der Waals surface area (Å²) in [5, 5.41) is 19.1. The molecular weight excluding hydrogens is 182 g/mol. The molecule has 0 saturated carbocycles. The quantitative estimate of drug-likeness (QED) is 0.611. The van der Waals surface area contributed by atoms with Crippen LogP contribution in [0.25, 0.3) is 0 Å². The van der Waals surface area contributed by atoms with Crippen LogP contribution in [-0.2, 0) is 4.74 Å². The van der Waals surface area contributed by atoms with Gasteiger partial charge in [0.15, 0.2) is 0 Å². The third-order valence-corrected chi connectivity index (χ3v) is 2.29. The number of hydrogen-bond donors (Lipinski definition) is 2. The monoisotopic (exact) mass is 203 g/mol. The Morgan fingerprint density at radius 2 is 1.43 bits per heavy atom. The summed E-state index contributed by atoms with van der Waals surface area (Å²) in [6.07, 6.45) is 0. The van der Waals surface area contributed by atoms with Crippen molar-refractivity contribution in [3.8, 4) is 0 Å². The van der Waals surface area contributed by atoms with Gasteiger partial charge in [-0.1, -0.05) is 0 Å². The number of hydrogen-bond acceptors (Lipinski definition) is 4. The van der Waals surface area contributed by atoms with Gasteiger partial charge in [0, 0.05) is 20.0 Å². The summed E-state index contributed by atoms with van der Waals surface area (Å²) in [5.41, 5.74) is -0.705. The van der Waals surface area contributed by atoms with E-state index in [9.17, 15) is 10.2 Å². The van der Waals surface area contributed by atoms with E-state index in [0.29, 0.717) is 13.1 Å². The Morgan fingerprint density at radius 1 is 1.07 bits per heavy atom. The van der Waals surface area contributed by atoms with Crippen LogP contribution < -0.4 is 0 Å². The first-order chi connectivity index (χ1) is 6.02. The van der Waals surface area contributed by atoms with Crippen molar-refractivity contribution in [3.63, 3.8) is 0 Å². The highest BCUT2D eigenvalue weighted by molar-refractivity contribution is 4.90. The second kappa shape index (κ2) is 3.17. The van der Waals surface area contributed by atoms with Gasteiger partial charge in [-0.25, -0.2) is 4.90 Å². The minimum absolute atomic E-state index is 0.353. The normalized spacial score (nSPS) is 27.6. The third kappa shape index (κ3) is 2.92. The lowest BCUT2D eigenvalue weighted by Gasteiger charge is -2.49. The predicted octanol–water partition coefficient (Wildman–Crippen LogP) is 0.534. The van der Waals surface area contributed by atoms with Gasteiger partial charge in [-0.3, -0.25) is 0 Å². The van der Waals surface area contributed by atoms with E-state index in [1.165, 1.54) is 6.92 Å². The molecule has 4 nitrogen and oxygen atoms in total. The van der Waals surface area contributed by atoms with Crippen LogP contribution >= 0.6 is 0 Å². The molecule has 0 aromatic carbocycles. The zero-order valence-electron chi connectivity index (χ0n) is 9.66. The molecule has 0 amide bonds. The van der Waals surface area contributed by atoms with E-state index >= 15 is 0 Å². The molecule has 2 N–H and O–H groups in total. The van der Waals surface area contributed by atoms with Crippen LogP contribution in [0.1, 0.15) is 34.6 Å². The summed E-state index contributed by atoms with van der Waals surface area (Å²) >= 11 is 0. The number of ether oxygens (including phenoxy) is 1. The molecule has 0 atom stereocenters. The largest absolute Gasteiger partial charge is 0.367 e. The average Bonchev–Trinajstić information content (AvgIpc) is 1.76. The number of aliphatic hydroxyl groups is 2. The van der Waals surface area contributed by atoms with Crippen LogP contribution in [0.5, 0.6) is 0 Å². The van der Waals surface area contributed by atoms with Crippen molar-refractivity contribution in [2.45, 2.75) is 51.7 Å². The van der Waals surface area contributed by atoms with Crippen molar-refractivity contribution in [1.29, 1.82) is 0 Å². The maximum Gasteiger partial charge on any atom is 0.222 e. The van der Waals surface area contributed by atoms with Crippen LogP contribution in [0.2, 0.25) is 0 Å². The fourth-order valence-corrected chi connectivity index (χ4v) is 2.09. The molecule has 14 heavy (non-hydrogen) atoms. The van der Waals surface area contributed by atoms with Gasteiger partial charge in [-0.15, -0.1) is 0 Å². The lowest BCUT2D eigenvalue weighted by atomic mass is 9.98. The highest BCUT2D eigenvalue weighted by atomic mass is 16.5. The van der Waals surface area contributed by atoms with Crippen molar-refractivity contribution in [1.82, 2.24) is 4.90 Å². The van der Waals surface area contributed by atoms with Crippen molar-refractivity contribution >= 4 is 0 Å². The van der Waals surface area contributed by atoms with E-state index in [1.54, 1.807) is 4.90 Å². The number of morpholine rings is 1. The summed E-state index contributed by atoms with van der Waals surface area (Å²) in [6.45, 7) is 10.2.